The third-order valence-electron chi connectivity index (χ3n) is 3.96. The van der Waals surface area contributed by atoms with E-state index in [1.165, 1.54) is 5.69 Å². The van der Waals surface area contributed by atoms with Crippen molar-refractivity contribution in [3.8, 4) is 0 Å². The maximum Gasteiger partial charge on any atom is 0.323 e. The van der Waals surface area contributed by atoms with Gasteiger partial charge in [0.05, 0.1) is 5.69 Å². The zero-order valence-corrected chi connectivity index (χ0v) is 14.5. The molecule has 5 nitrogen and oxygen atoms in total. The fraction of sp³-hybridized carbons (Fsp3) is 0.278. The number of hydrogen-bond acceptors (Lipinski definition) is 4. The van der Waals surface area contributed by atoms with E-state index in [1.54, 1.807) is 11.8 Å². The smallest absolute Gasteiger partial charge is 0.323 e. The Hall–Kier alpha value is -2.18. The summed E-state index contributed by atoms with van der Waals surface area (Å²) in [5, 5.41) is 9.13. The van der Waals surface area contributed by atoms with Crippen molar-refractivity contribution >= 4 is 34.9 Å². The van der Waals surface area contributed by atoms with Crippen LogP contribution in [0.2, 0.25) is 0 Å². The van der Waals surface area contributed by atoms with Crippen molar-refractivity contribution in [3.63, 3.8) is 0 Å². The lowest BCUT2D eigenvalue weighted by Crippen LogP contribution is -2.43. The number of nitrogens with one attached hydrogen (secondary N) is 3. The van der Waals surface area contributed by atoms with Gasteiger partial charge in [-0.2, -0.15) is 0 Å². The molecule has 1 aliphatic heterocycles. The fourth-order valence-electron chi connectivity index (χ4n) is 2.71. The van der Waals surface area contributed by atoms with Gasteiger partial charge < -0.3 is 20.9 Å². The molecule has 1 aliphatic rings. The number of hydrogen-bond donors (Lipinski definition) is 3. The molecule has 0 radical (unpaired) electrons. The van der Waals surface area contributed by atoms with Gasteiger partial charge in [-0.1, -0.05) is 12.1 Å². The maximum atomic E-state index is 12.2. The van der Waals surface area contributed by atoms with Crippen LogP contribution >= 0.6 is 11.8 Å². The lowest BCUT2D eigenvalue weighted by atomic mass is 10.2. The van der Waals surface area contributed by atoms with Crippen LogP contribution in [-0.2, 0) is 0 Å². The van der Waals surface area contributed by atoms with E-state index in [1.807, 2.05) is 42.7 Å². The van der Waals surface area contributed by atoms with Crippen LogP contribution in [0, 0.1) is 0 Å². The Morgan fingerprint density at radius 2 is 1.75 bits per heavy atom. The number of carbonyl (C=O) groups is 1. The van der Waals surface area contributed by atoms with Crippen molar-refractivity contribution in [2.45, 2.75) is 4.90 Å². The van der Waals surface area contributed by atoms with E-state index in [9.17, 15) is 4.79 Å². The third-order valence-corrected chi connectivity index (χ3v) is 4.76. The summed E-state index contributed by atoms with van der Waals surface area (Å²) in [7, 11) is 0. The van der Waals surface area contributed by atoms with E-state index in [4.69, 9.17) is 0 Å². The first kappa shape index (κ1) is 16.7. The molecule has 1 saturated heterocycles. The van der Waals surface area contributed by atoms with Crippen molar-refractivity contribution in [2.75, 3.05) is 48.0 Å². The number of carbonyl (C=O) groups excluding carboxylic acids is 1. The number of amides is 2. The number of piperazine rings is 1. The molecule has 2 aromatic carbocycles. The minimum atomic E-state index is -0.230. The van der Waals surface area contributed by atoms with E-state index in [2.05, 4.69) is 33.0 Å². The minimum Gasteiger partial charge on any atom is -0.369 e. The zero-order chi connectivity index (χ0) is 16.8. The molecule has 1 heterocycles. The predicted molar refractivity (Wildman–Crippen MR) is 102 cm³/mol. The van der Waals surface area contributed by atoms with Gasteiger partial charge in [0.25, 0.3) is 0 Å². The molecule has 6 heteroatoms. The molecule has 126 valence electrons. The summed E-state index contributed by atoms with van der Waals surface area (Å²) in [6.45, 7) is 4.05. The van der Waals surface area contributed by atoms with E-state index >= 15 is 0 Å². The third kappa shape index (κ3) is 4.21. The molecule has 3 N–H and O–H groups in total. The van der Waals surface area contributed by atoms with E-state index in [-0.39, 0.29) is 6.03 Å². The minimum absolute atomic E-state index is 0.230. The maximum absolute atomic E-state index is 12.2. The standard InChI is InChI=1S/C18H22N4OS/c1-24-17-5-3-2-4-16(17)21-18(23)20-14-6-8-15(9-7-14)22-12-10-19-11-13-22/h2-9,19H,10-13H2,1H3,(H2,20,21,23). The predicted octanol–water partition coefficient (Wildman–Crippen LogP) is 3.46. The fourth-order valence-corrected chi connectivity index (χ4v) is 3.26. The number of rotatable bonds is 4. The molecular weight excluding hydrogens is 320 g/mol. The first-order chi connectivity index (χ1) is 11.8. The molecule has 1 fully saturated rings. The van der Waals surface area contributed by atoms with Gasteiger partial charge in [0.1, 0.15) is 0 Å². The lowest BCUT2D eigenvalue weighted by molar-refractivity contribution is 0.262. The Bertz CT molecular complexity index is 684. The quantitative estimate of drug-likeness (QED) is 0.745. The molecule has 0 bridgehead atoms. The van der Waals surface area contributed by atoms with Crippen LogP contribution in [0.5, 0.6) is 0 Å². The summed E-state index contributed by atoms with van der Waals surface area (Å²) >= 11 is 1.61. The molecule has 0 spiro atoms. The van der Waals surface area contributed by atoms with Gasteiger partial charge in [-0.15, -0.1) is 11.8 Å². The molecule has 24 heavy (non-hydrogen) atoms. The van der Waals surface area contributed by atoms with E-state index in [0.29, 0.717) is 0 Å². The summed E-state index contributed by atoms with van der Waals surface area (Å²) in [6, 6.07) is 15.5. The van der Waals surface area contributed by atoms with Gasteiger partial charge in [-0.05, 0) is 42.7 Å². The molecule has 0 aliphatic carbocycles. The van der Waals surface area contributed by atoms with Crippen molar-refractivity contribution in [2.24, 2.45) is 0 Å². The summed E-state index contributed by atoms with van der Waals surface area (Å²) in [6.07, 6.45) is 1.99. The van der Waals surface area contributed by atoms with Crippen molar-refractivity contribution in [1.29, 1.82) is 0 Å². The average molecular weight is 342 g/mol. The first-order valence-corrected chi connectivity index (χ1v) is 9.25. The van der Waals surface area contributed by atoms with Gasteiger partial charge in [0.2, 0.25) is 0 Å². The summed E-state index contributed by atoms with van der Waals surface area (Å²) in [4.78, 5) is 15.6. The lowest BCUT2D eigenvalue weighted by Gasteiger charge is -2.29. The highest BCUT2D eigenvalue weighted by Crippen LogP contribution is 2.25. The zero-order valence-electron chi connectivity index (χ0n) is 13.7. The second-order valence-electron chi connectivity index (χ2n) is 5.56. The van der Waals surface area contributed by atoms with Gasteiger partial charge in [0.15, 0.2) is 0 Å². The number of para-hydroxylation sites is 1. The second-order valence-corrected chi connectivity index (χ2v) is 6.41. The largest absolute Gasteiger partial charge is 0.369 e. The van der Waals surface area contributed by atoms with Crippen LogP contribution in [0.3, 0.4) is 0 Å². The SMILES string of the molecule is CSc1ccccc1NC(=O)Nc1ccc(N2CCNCC2)cc1. The monoisotopic (exact) mass is 342 g/mol. The van der Waals surface area contributed by atoms with Crippen LogP contribution in [0.15, 0.2) is 53.4 Å². The summed E-state index contributed by atoms with van der Waals surface area (Å²) < 4.78 is 0. The molecular formula is C18H22N4OS. The second kappa shape index (κ2) is 8.08. The highest BCUT2D eigenvalue weighted by atomic mass is 32.2. The normalized spacial score (nSPS) is 14.3. The Labute approximate surface area is 146 Å². The number of nitrogens with zero attached hydrogens (tertiary/aromatic N) is 1. The summed E-state index contributed by atoms with van der Waals surface area (Å²) in [5.74, 6) is 0. The summed E-state index contributed by atoms with van der Waals surface area (Å²) in [5.41, 5.74) is 2.79. The van der Waals surface area contributed by atoms with Crippen LogP contribution in [0.25, 0.3) is 0 Å². The Morgan fingerprint density at radius 3 is 2.46 bits per heavy atom. The first-order valence-electron chi connectivity index (χ1n) is 8.03. The Morgan fingerprint density at radius 1 is 1.04 bits per heavy atom. The van der Waals surface area contributed by atoms with Crippen molar-refractivity contribution < 1.29 is 4.79 Å². The average Bonchev–Trinajstić information content (AvgIpc) is 2.63. The molecule has 0 saturated carbocycles. The van der Waals surface area contributed by atoms with Crippen LogP contribution in [0.4, 0.5) is 21.9 Å². The van der Waals surface area contributed by atoms with Crippen molar-refractivity contribution in [1.82, 2.24) is 5.32 Å². The number of thioether (sulfide) groups is 1. The molecule has 0 unspecified atom stereocenters. The number of benzene rings is 2. The van der Waals surface area contributed by atoms with Crippen LogP contribution in [0.1, 0.15) is 0 Å². The highest BCUT2D eigenvalue weighted by molar-refractivity contribution is 7.98. The van der Waals surface area contributed by atoms with Gasteiger partial charge >= 0.3 is 6.03 Å². The van der Waals surface area contributed by atoms with Crippen LogP contribution in [-0.4, -0.2) is 38.5 Å². The molecule has 3 rings (SSSR count). The van der Waals surface area contributed by atoms with Gasteiger partial charge in [-0.3, -0.25) is 0 Å². The Kier molecular flexibility index (Phi) is 5.61. The topological polar surface area (TPSA) is 56.4 Å². The Balaban J connectivity index is 1.60. The van der Waals surface area contributed by atoms with E-state index in [0.717, 1.165) is 42.4 Å². The van der Waals surface area contributed by atoms with Gasteiger partial charge in [0, 0.05) is 42.4 Å². The molecule has 2 aromatic rings. The number of urea groups is 1. The highest BCUT2D eigenvalue weighted by Gasteiger charge is 2.11. The van der Waals surface area contributed by atoms with Crippen LogP contribution < -0.4 is 20.9 Å². The molecule has 0 aromatic heterocycles. The number of anilines is 3. The van der Waals surface area contributed by atoms with E-state index < -0.39 is 0 Å². The van der Waals surface area contributed by atoms with Gasteiger partial charge in [-0.25, -0.2) is 4.79 Å². The molecule has 0 atom stereocenters. The van der Waals surface area contributed by atoms with Crippen molar-refractivity contribution in [3.05, 3.63) is 48.5 Å². The molecule has 2 amide bonds.